The van der Waals surface area contributed by atoms with E-state index in [0.717, 1.165) is 29.5 Å². The molecule has 2 aliphatic rings. The Morgan fingerprint density at radius 1 is 0.967 bits per heavy atom. The summed E-state index contributed by atoms with van der Waals surface area (Å²) in [6, 6.07) is 12.6. The second-order valence-corrected chi connectivity index (χ2v) is 10.9. The molecule has 0 unspecified atom stereocenters. The Hall–Kier alpha value is -2.34. The van der Waals surface area contributed by atoms with Crippen LogP contribution >= 0.6 is 0 Å². The molecule has 0 radical (unpaired) electrons. The number of benzene rings is 2. The number of fused-ring (bicyclic) bond motifs is 2. The van der Waals surface area contributed by atoms with Gasteiger partial charge in [0.1, 0.15) is 6.54 Å². The van der Waals surface area contributed by atoms with Crippen LogP contribution in [-0.4, -0.2) is 26.9 Å². The van der Waals surface area contributed by atoms with E-state index in [4.69, 9.17) is 0 Å². The Kier molecular flexibility index (Phi) is 5.62. The standard InChI is InChI=1S/C24H30N2O3S/c1-16-4-8-22(9-5-16)30(28,29)26(21-11-17(2)10-18(3)12-21)15-24(27)25-23-14-19-6-7-20(23)13-19/h4-5,8-12,19-20,23H,6-7,13-15H2,1-3H3,(H,25,27)/t19-,20+,23-/m1/s1. The first-order chi connectivity index (χ1) is 14.2. The molecule has 0 spiro atoms. The van der Waals surface area contributed by atoms with E-state index in [2.05, 4.69) is 5.32 Å². The molecular formula is C24H30N2O3S. The summed E-state index contributed by atoms with van der Waals surface area (Å²) >= 11 is 0. The quantitative estimate of drug-likeness (QED) is 0.756. The van der Waals surface area contributed by atoms with E-state index >= 15 is 0 Å². The third-order valence-corrected chi connectivity index (χ3v) is 8.26. The average Bonchev–Trinajstić information content (AvgIpc) is 3.28. The molecule has 2 fully saturated rings. The zero-order valence-electron chi connectivity index (χ0n) is 17.9. The molecule has 0 saturated heterocycles. The van der Waals surface area contributed by atoms with Crippen molar-refractivity contribution in [1.29, 1.82) is 0 Å². The molecule has 160 valence electrons. The summed E-state index contributed by atoms with van der Waals surface area (Å²) in [4.78, 5) is 13.1. The summed E-state index contributed by atoms with van der Waals surface area (Å²) in [7, 11) is -3.87. The third-order valence-electron chi connectivity index (χ3n) is 6.48. The highest BCUT2D eigenvalue weighted by molar-refractivity contribution is 7.92. The number of carbonyl (C=O) groups excluding carboxylic acids is 1. The fraction of sp³-hybridized carbons (Fsp3) is 0.458. The third kappa shape index (κ3) is 4.24. The number of hydrogen-bond donors (Lipinski definition) is 1. The average molecular weight is 427 g/mol. The van der Waals surface area contributed by atoms with Gasteiger partial charge in [-0.05, 0) is 87.3 Å². The first kappa shape index (κ1) is 20.9. The molecule has 2 bridgehead atoms. The summed E-state index contributed by atoms with van der Waals surface area (Å²) in [6.45, 7) is 5.57. The lowest BCUT2D eigenvalue weighted by atomic mass is 9.95. The van der Waals surface area contributed by atoms with Crippen molar-refractivity contribution in [3.05, 3.63) is 59.2 Å². The van der Waals surface area contributed by atoms with Gasteiger partial charge < -0.3 is 5.32 Å². The van der Waals surface area contributed by atoms with Crippen LogP contribution in [0.3, 0.4) is 0 Å². The Morgan fingerprint density at radius 3 is 2.20 bits per heavy atom. The first-order valence-electron chi connectivity index (χ1n) is 10.7. The molecule has 5 nitrogen and oxygen atoms in total. The van der Waals surface area contributed by atoms with Gasteiger partial charge in [0, 0.05) is 6.04 Å². The van der Waals surface area contributed by atoms with E-state index in [9.17, 15) is 13.2 Å². The van der Waals surface area contributed by atoms with Gasteiger partial charge in [-0.25, -0.2) is 8.42 Å². The minimum atomic E-state index is -3.87. The van der Waals surface area contributed by atoms with Crippen LogP contribution in [-0.2, 0) is 14.8 Å². The summed E-state index contributed by atoms with van der Waals surface area (Å²) in [6.07, 6.45) is 4.63. The Balaban J connectivity index is 1.63. The second kappa shape index (κ2) is 8.06. The lowest BCUT2D eigenvalue weighted by Crippen LogP contribution is -2.46. The fourth-order valence-electron chi connectivity index (χ4n) is 5.05. The number of carbonyl (C=O) groups is 1. The molecule has 2 saturated carbocycles. The SMILES string of the molecule is Cc1ccc(S(=O)(=O)N(CC(=O)N[C@@H]2C[C@@H]3CC[C@H]2C3)c2cc(C)cc(C)c2)cc1. The van der Waals surface area contributed by atoms with Crippen molar-refractivity contribution in [1.82, 2.24) is 5.32 Å². The summed E-state index contributed by atoms with van der Waals surface area (Å²) in [5.74, 6) is 1.02. The minimum Gasteiger partial charge on any atom is -0.352 e. The molecule has 4 rings (SSSR count). The van der Waals surface area contributed by atoms with Gasteiger partial charge in [-0.15, -0.1) is 0 Å². The molecule has 0 aromatic heterocycles. The van der Waals surface area contributed by atoms with Crippen LogP contribution in [0.5, 0.6) is 0 Å². The van der Waals surface area contributed by atoms with Crippen molar-refractivity contribution >= 4 is 21.6 Å². The van der Waals surface area contributed by atoms with Crippen LogP contribution in [0.25, 0.3) is 0 Å². The maximum Gasteiger partial charge on any atom is 0.264 e. The number of hydrogen-bond acceptors (Lipinski definition) is 3. The van der Waals surface area contributed by atoms with E-state index in [1.54, 1.807) is 24.3 Å². The Labute approximate surface area is 179 Å². The van der Waals surface area contributed by atoms with Crippen LogP contribution in [0.1, 0.15) is 42.4 Å². The number of nitrogens with zero attached hydrogens (tertiary/aromatic N) is 1. The number of anilines is 1. The minimum absolute atomic E-state index is 0.180. The van der Waals surface area contributed by atoms with Crippen molar-refractivity contribution in [2.75, 3.05) is 10.8 Å². The van der Waals surface area contributed by atoms with Crippen molar-refractivity contribution < 1.29 is 13.2 Å². The van der Waals surface area contributed by atoms with E-state index in [-0.39, 0.29) is 23.4 Å². The number of sulfonamides is 1. The summed E-state index contributed by atoms with van der Waals surface area (Å²) in [5.41, 5.74) is 3.43. The normalized spacial score (nSPS) is 22.8. The molecule has 2 aromatic rings. The maximum absolute atomic E-state index is 13.5. The Bertz CT molecular complexity index is 1030. The fourth-order valence-corrected chi connectivity index (χ4v) is 6.46. The lowest BCUT2D eigenvalue weighted by Gasteiger charge is -2.27. The molecule has 1 amide bonds. The first-order valence-corrected chi connectivity index (χ1v) is 12.1. The number of rotatable bonds is 6. The predicted octanol–water partition coefficient (Wildman–Crippen LogP) is 4.11. The van der Waals surface area contributed by atoms with Crippen LogP contribution in [0.2, 0.25) is 0 Å². The molecule has 2 aliphatic carbocycles. The molecule has 6 heteroatoms. The molecule has 1 N–H and O–H groups in total. The van der Waals surface area contributed by atoms with Crippen molar-refractivity contribution in [2.45, 2.75) is 57.4 Å². The smallest absolute Gasteiger partial charge is 0.264 e. The Morgan fingerprint density at radius 2 is 1.63 bits per heavy atom. The van der Waals surface area contributed by atoms with Gasteiger partial charge in [0.05, 0.1) is 10.6 Å². The highest BCUT2D eigenvalue weighted by Crippen LogP contribution is 2.44. The van der Waals surface area contributed by atoms with Crippen LogP contribution in [0.15, 0.2) is 47.4 Å². The summed E-state index contributed by atoms with van der Waals surface area (Å²) in [5, 5.41) is 3.13. The molecule has 0 aliphatic heterocycles. The zero-order valence-corrected chi connectivity index (χ0v) is 18.7. The van der Waals surface area contributed by atoms with Crippen molar-refractivity contribution in [2.24, 2.45) is 11.8 Å². The topological polar surface area (TPSA) is 66.5 Å². The largest absolute Gasteiger partial charge is 0.352 e. The number of amides is 1. The van der Waals surface area contributed by atoms with Gasteiger partial charge in [-0.1, -0.05) is 30.2 Å². The van der Waals surface area contributed by atoms with Crippen LogP contribution < -0.4 is 9.62 Å². The van der Waals surface area contributed by atoms with Crippen molar-refractivity contribution in [3.63, 3.8) is 0 Å². The maximum atomic E-state index is 13.5. The highest BCUT2D eigenvalue weighted by Gasteiger charge is 2.40. The monoisotopic (exact) mass is 426 g/mol. The van der Waals surface area contributed by atoms with Crippen LogP contribution in [0, 0.1) is 32.6 Å². The molecule has 3 atom stereocenters. The predicted molar refractivity (Wildman–Crippen MR) is 119 cm³/mol. The van der Waals surface area contributed by atoms with Gasteiger partial charge in [-0.2, -0.15) is 0 Å². The lowest BCUT2D eigenvalue weighted by molar-refractivity contribution is -0.120. The van der Waals surface area contributed by atoms with Gasteiger partial charge >= 0.3 is 0 Å². The number of nitrogens with one attached hydrogen (secondary N) is 1. The summed E-state index contributed by atoms with van der Waals surface area (Å²) < 4.78 is 28.3. The van der Waals surface area contributed by atoms with Gasteiger partial charge in [-0.3, -0.25) is 9.10 Å². The zero-order chi connectivity index (χ0) is 21.5. The second-order valence-electron chi connectivity index (χ2n) is 9.02. The number of aryl methyl sites for hydroxylation is 3. The van der Waals surface area contributed by atoms with Crippen LogP contribution in [0.4, 0.5) is 5.69 Å². The van der Waals surface area contributed by atoms with Gasteiger partial charge in [0.15, 0.2) is 0 Å². The molecule has 0 heterocycles. The van der Waals surface area contributed by atoms with E-state index < -0.39 is 10.0 Å². The van der Waals surface area contributed by atoms with E-state index in [0.29, 0.717) is 17.5 Å². The molecule has 30 heavy (non-hydrogen) atoms. The van der Waals surface area contributed by atoms with Gasteiger partial charge in [0.2, 0.25) is 5.91 Å². The highest BCUT2D eigenvalue weighted by atomic mass is 32.2. The van der Waals surface area contributed by atoms with Gasteiger partial charge in [0.25, 0.3) is 10.0 Å². The van der Waals surface area contributed by atoms with E-state index in [1.165, 1.54) is 17.1 Å². The van der Waals surface area contributed by atoms with Crippen molar-refractivity contribution in [3.8, 4) is 0 Å². The van der Waals surface area contributed by atoms with E-state index in [1.807, 2.05) is 39.0 Å². The molecular weight excluding hydrogens is 396 g/mol. The molecule has 2 aromatic carbocycles.